The van der Waals surface area contributed by atoms with Crippen LogP contribution in [0.3, 0.4) is 0 Å². The molecule has 64 heavy (non-hydrogen) atoms. The molecule has 0 amide bonds. The lowest BCUT2D eigenvalue weighted by Gasteiger charge is -2.20. The number of esters is 2. The summed E-state index contributed by atoms with van der Waals surface area (Å²) in [4.78, 5) is 65.6. The van der Waals surface area contributed by atoms with E-state index in [4.69, 9.17) is 23.8 Å². The van der Waals surface area contributed by atoms with Gasteiger partial charge in [-0.2, -0.15) is 0 Å². The molecule has 0 bridgehead atoms. The van der Waals surface area contributed by atoms with E-state index in [-0.39, 0.29) is 31.0 Å². The summed E-state index contributed by atoms with van der Waals surface area (Å²) in [7, 11) is -9.77. The van der Waals surface area contributed by atoms with Crippen molar-refractivity contribution >= 4 is 33.4 Å². The van der Waals surface area contributed by atoms with E-state index in [1.54, 1.807) is 12.2 Å². The average molecular weight is 955 g/mol. The molecule has 16 nitrogen and oxygen atoms in total. The number of ketones is 1. The molecule has 1 aliphatic rings. The summed E-state index contributed by atoms with van der Waals surface area (Å²) >= 11 is 0. The Balaban J connectivity index is 2.52. The first-order valence-electron chi connectivity index (χ1n) is 24.0. The lowest BCUT2D eigenvalue weighted by atomic mass is 9.90. The fourth-order valence-electron chi connectivity index (χ4n) is 7.40. The molecule has 6 N–H and O–H groups in total. The SMILES string of the molecule is CCCCC[C@H](O)/C=C/[C@H]1[C@H](O)CC(=O)[C@@H]1C/C=C\CCCC(=O)OC[C@H](COP(=O)(O)OC[C@@H](O)COP(=O)(O)O)OC(=O)CCCCCCCCCCCCCCCCC(C)C. The van der Waals surface area contributed by atoms with Gasteiger partial charge in [-0.3, -0.25) is 28.0 Å². The second-order valence-corrected chi connectivity index (χ2v) is 20.3. The minimum absolute atomic E-state index is 0.00305. The van der Waals surface area contributed by atoms with Crippen LogP contribution in [0.2, 0.25) is 0 Å². The van der Waals surface area contributed by atoms with Gasteiger partial charge in [0.1, 0.15) is 18.5 Å². The van der Waals surface area contributed by atoms with Gasteiger partial charge in [0.2, 0.25) is 0 Å². The number of aliphatic hydroxyl groups excluding tert-OH is 3. The summed E-state index contributed by atoms with van der Waals surface area (Å²) in [5.41, 5.74) is 0. The highest BCUT2D eigenvalue weighted by atomic mass is 31.2. The summed E-state index contributed by atoms with van der Waals surface area (Å²) in [6.45, 7) is 3.70. The zero-order valence-corrected chi connectivity index (χ0v) is 40.8. The molecule has 18 heteroatoms. The molecule has 0 spiro atoms. The number of phosphoric acid groups is 2. The van der Waals surface area contributed by atoms with E-state index in [1.807, 2.05) is 12.2 Å². The van der Waals surface area contributed by atoms with Crippen LogP contribution < -0.4 is 0 Å². The van der Waals surface area contributed by atoms with Gasteiger partial charge in [0.25, 0.3) is 0 Å². The molecule has 374 valence electrons. The number of unbranched alkanes of at least 4 members (excludes halogenated alkanes) is 16. The Labute approximate surface area is 383 Å². The Kier molecular flexibility index (Phi) is 34.1. The molecular formula is C46H84O16P2. The van der Waals surface area contributed by atoms with Crippen molar-refractivity contribution < 1.29 is 76.6 Å². The predicted octanol–water partition coefficient (Wildman–Crippen LogP) is 9.12. The van der Waals surface area contributed by atoms with Crippen molar-refractivity contribution in [3.8, 4) is 0 Å². The average Bonchev–Trinajstić information content (AvgIpc) is 3.50. The Hall–Kier alpha value is -1.81. The largest absolute Gasteiger partial charge is 0.472 e. The molecule has 0 aromatic carbocycles. The standard InChI is InChI=1S/C46H84O16P2/c1-4-5-20-26-38(47)30-31-42-41(43(49)32-44(42)50)27-22-18-19-23-28-45(51)58-35-40(36-61-64(56,57)60-34-39(48)33-59-63(53,54)55)62-46(52)29-24-17-15-13-11-9-7-6-8-10-12-14-16-21-25-37(2)3/h18,22,30-31,37-42,44,47-48,50H,4-17,19-21,23-29,32-36H2,1-3H3,(H,56,57)(H2,53,54,55)/b22-18-,31-30+/t38-,39-,40+,41+,42+,44+/m0/s1. The van der Waals surface area contributed by atoms with E-state index < -0.39 is 84.3 Å². The van der Waals surface area contributed by atoms with Crippen molar-refractivity contribution in [2.45, 2.75) is 206 Å². The highest BCUT2D eigenvalue weighted by Gasteiger charge is 2.39. The van der Waals surface area contributed by atoms with E-state index in [9.17, 15) is 43.7 Å². The van der Waals surface area contributed by atoms with Crippen LogP contribution in [0.5, 0.6) is 0 Å². The third kappa shape index (κ3) is 33.6. The van der Waals surface area contributed by atoms with Crippen LogP contribution in [-0.4, -0.2) is 98.6 Å². The molecule has 0 aliphatic heterocycles. The van der Waals surface area contributed by atoms with E-state index >= 15 is 0 Å². The predicted molar refractivity (Wildman–Crippen MR) is 245 cm³/mol. The molecule has 1 aliphatic carbocycles. The van der Waals surface area contributed by atoms with Crippen LogP contribution >= 0.6 is 15.6 Å². The minimum atomic E-state index is -4.90. The summed E-state index contributed by atoms with van der Waals surface area (Å²) < 4.78 is 47.8. The number of hydrogen-bond donors (Lipinski definition) is 6. The molecule has 0 aromatic heterocycles. The van der Waals surface area contributed by atoms with Gasteiger partial charge in [-0.05, 0) is 38.0 Å². The quantitative estimate of drug-likeness (QED) is 0.0145. The number of allylic oxidation sites excluding steroid dienone is 2. The molecule has 0 aromatic rings. The van der Waals surface area contributed by atoms with Crippen molar-refractivity contribution in [2.24, 2.45) is 17.8 Å². The number of hydrogen-bond acceptors (Lipinski definition) is 13. The van der Waals surface area contributed by atoms with Crippen molar-refractivity contribution in [3.05, 3.63) is 24.3 Å². The Morgan fingerprint density at radius 1 is 0.703 bits per heavy atom. The number of aliphatic hydroxyl groups is 3. The second kappa shape index (κ2) is 36.3. The van der Waals surface area contributed by atoms with Crippen molar-refractivity contribution in [1.82, 2.24) is 0 Å². The number of Topliss-reactive ketones (excluding diaryl/α,β-unsaturated/α-hetero) is 1. The second-order valence-electron chi connectivity index (χ2n) is 17.6. The Morgan fingerprint density at radius 2 is 1.25 bits per heavy atom. The first-order chi connectivity index (χ1) is 30.4. The van der Waals surface area contributed by atoms with Crippen molar-refractivity contribution in [3.63, 3.8) is 0 Å². The van der Waals surface area contributed by atoms with Gasteiger partial charge in [0.15, 0.2) is 6.10 Å². The van der Waals surface area contributed by atoms with Crippen molar-refractivity contribution in [2.75, 3.05) is 26.4 Å². The normalized spacial score (nSPS) is 19.4. The van der Waals surface area contributed by atoms with Gasteiger partial charge < -0.3 is 39.5 Å². The molecule has 1 rings (SSSR count). The number of rotatable bonds is 41. The van der Waals surface area contributed by atoms with E-state index in [1.165, 1.54) is 64.2 Å². The smallest absolute Gasteiger partial charge is 0.462 e. The number of carbonyl (C=O) groups excluding carboxylic acids is 3. The van der Waals surface area contributed by atoms with Crippen LogP contribution in [0.4, 0.5) is 0 Å². The summed E-state index contributed by atoms with van der Waals surface area (Å²) in [6.07, 6.45) is 25.4. The summed E-state index contributed by atoms with van der Waals surface area (Å²) in [5.74, 6) is -1.26. The molecule has 1 saturated carbocycles. The Bertz CT molecular complexity index is 1400. The molecule has 0 radical (unpaired) electrons. The minimum Gasteiger partial charge on any atom is -0.462 e. The van der Waals surface area contributed by atoms with E-state index in [2.05, 4.69) is 29.8 Å². The van der Waals surface area contributed by atoms with Crippen LogP contribution in [0.25, 0.3) is 0 Å². The maximum absolute atomic E-state index is 12.7. The van der Waals surface area contributed by atoms with Crippen LogP contribution in [0.15, 0.2) is 24.3 Å². The van der Waals surface area contributed by atoms with Crippen LogP contribution in [0.1, 0.15) is 181 Å². The van der Waals surface area contributed by atoms with Crippen LogP contribution in [-0.2, 0) is 46.6 Å². The fraction of sp³-hybridized carbons (Fsp3) is 0.848. The third-order valence-corrected chi connectivity index (χ3v) is 12.6. The highest BCUT2D eigenvalue weighted by molar-refractivity contribution is 7.47. The molecule has 1 fully saturated rings. The fourth-order valence-corrected chi connectivity index (χ4v) is 8.55. The molecule has 0 saturated heterocycles. The van der Waals surface area contributed by atoms with Gasteiger partial charge in [-0.1, -0.05) is 154 Å². The highest BCUT2D eigenvalue weighted by Crippen LogP contribution is 2.44. The van der Waals surface area contributed by atoms with E-state index in [0.717, 1.165) is 50.9 Å². The topological polar surface area (TPSA) is 253 Å². The molecular weight excluding hydrogens is 870 g/mol. The van der Waals surface area contributed by atoms with Crippen molar-refractivity contribution in [1.29, 1.82) is 0 Å². The Morgan fingerprint density at radius 3 is 1.84 bits per heavy atom. The third-order valence-electron chi connectivity index (χ3n) is 11.1. The van der Waals surface area contributed by atoms with Gasteiger partial charge in [0.05, 0.1) is 32.0 Å². The first kappa shape index (κ1) is 60.2. The van der Waals surface area contributed by atoms with Crippen LogP contribution in [0, 0.1) is 17.8 Å². The number of phosphoric ester groups is 2. The summed E-state index contributed by atoms with van der Waals surface area (Å²) in [5, 5.41) is 30.5. The van der Waals surface area contributed by atoms with Gasteiger partial charge in [0, 0.05) is 31.1 Å². The maximum atomic E-state index is 12.7. The lowest BCUT2D eigenvalue weighted by molar-refractivity contribution is -0.161. The summed E-state index contributed by atoms with van der Waals surface area (Å²) in [6, 6.07) is 0. The zero-order chi connectivity index (χ0) is 47.6. The molecule has 0 heterocycles. The number of carbonyl (C=O) groups is 3. The zero-order valence-electron chi connectivity index (χ0n) is 39.0. The maximum Gasteiger partial charge on any atom is 0.472 e. The monoisotopic (exact) mass is 955 g/mol. The first-order valence-corrected chi connectivity index (χ1v) is 27.0. The lowest BCUT2D eigenvalue weighted by Crippen LogP contribution is -2.30. The van der Waals surface area contributed by atoms with Gasteiger partial charge in [-0.15, -0.1) is 0 Å². The number of ether oxygens (including phenoxy) is 2. The van der Waals surface area contributed by atoms with E-state index in [0.29, 0.717) is 32.1 Å². The van der Waals surface area contributed by atoms with Gasteiger partial charge in [-0.25, -0.2) is 9.13 Å². The molecule has 1 unspecified atom stereocenters. The molecule has 7 atom stereocenters. The van der Waals surface area contributed by atoms with Gasteiger partial charge >= 0.3 is 27.6 Å².